The lowest BCUT2D eigenvalue weighted by Crippen LogP contribution is -2.13. The number of hydrogen-bond acceptors (Lipinski definition) is 3. The highest BCUT2D eigenvalue weighted by Gasteiger charge is 2.09. The molecule has 2 heterocycles. The second kappa shape index (κ2) is 6.87. The maximum absolute atomic E-state index is 4.79. The Balaban J connectivity index is 1.96. The predicted molar refractivity (Wildman–Crippen MR) is 103 cm³/mol. The molecule has 0 fully saturated rings. The highest BCUT2D eigenvalue weighted by molar-refractivity contribution is 7.07. The first-order valence-corrected chi connectivity index (χ1v) is 8.98. The summed E-state index contributed by atoms with van der Waals surface area (Å²) in [7, 11) is 0. The van der Waals surface area contributed by atoms with Crippen LogP contribution in [0.25, 0.3) is 16.9 Å². The standard InChI is InChI=1S/C21H17N3S/c1-16-12-13-22-20(14-16)23-21-24(18-10-6-3-7-11-18)19(15-25-21)17-8-4-2-5-9-17/h2-15H,1H3. The summed E-state index contributed by atoms with van der Waals surface area (Å²) in [6.07, 6.45) is 1.80. The van der Waals surface area contributed by atoms with E-state index < -0.39 is 0 Å². The molecule has 0 aliphatic carbocycles. The SMILES string of the molecule is Cc1ccnc(N=c2scc(-c3ccccc3)n2-c2ccccc2)c1. The molecule has 0 saturated heterocycles. The van der Waals surface area contributed by atoms with Gasteiger partial charge in [0.15, 0.2) is 10.6 Å². The number of nitrogens with zero attached hydrogens (tertiary/aromatic N) is 3. The first-order chi connectivity index (χ1) is 12.3. The molecule has 2 aromatic heterocycles. The van der Waals surface area contributed by atoms with Gasteiger partial charge in [-0.25, -0.2) is 9.98 Å². The Labute approximate surface area is 150 Å². The Morgan fingerprint density at radius 3 is 2.36 bits per heavy atom. The van der Waals surface area contributed by atoms with E-state index in [1.807, 2.05) is 36.4 Å². The summed E-state index contributed by atoms with van der Waals surface area (Å²) in [5, 5.41) is 2.15. The van der Waals surface area contributed by atoms with Crippen LogP contribution in [0.5, 0.6) is 0 Å². The molecule has 0 saturated carbocycles. The van der Waals surface area contributed by atoms with Gasteiger partial charge in [0, 0.05) is 17.3 Å². The van der Waals surface area contributed by atoms with Gasteiger partial charge in [-0.3, -0.25) is 4.57 Å². The van der Waals surface area contributed by atoms with Gasteiger partial charge in [0.1, 0.15) is 0 Å². The highest BCUT2D eigenvalue weighted by atomic mass is 32.1. The lowest BCUT2D eigenvalue weighted by Gasteiger charge is -2.09. The minimum Gasteiger partial charge on any atom is -0.285 e. The molecule has 0 aliphatic heterocycles. The van der Waals surface area contributed by atoms with Crippen molar-refractivity contribution in [2.75, 3.05) is 0 Å². The first kappa shape index (κ1) is 15.5. The Morgan fingerprint density at radius 2 is 1.64 bits per heavy atom. The third kappa shape index (κ3) is 3.30. The van der Waals surface area contributed by atoms with Crippen LogP contribution in [-0.4, -0.2) is 9.55 Å². The van der Waals surface area contributed by atoms with E-state index in [-0.39, 0.29) is 0 Å². The molecule has 0 N–H and O–H groups in total. The van der Waals surface area contributed by atoms with Crippen molar-refractivity contribution in [3.05, 3.63) is 94.7 Å². The van der Waals surface area contributed by atoms with E-state index in [0.29, 0.717) is 0 Å². The number of pyridine rings is 1. The van der Waals surface area contributed by atoms with Crippen LogP contribution < -0.4 is 4.80 Å². The van der Waals surface area contributed by atoms with Crippen LogP contribution in [-0.2, 0) is 0 Å². The van der Waals surface area contributed by atoms with Crippen molar-refractivity contribution in [2.24, 2.45) is 4.99 Å². The quantitative estimate of drug-likeness (QED) is 0.506. The summed E-state index contributed by atoms with van der Waals surface area (Å²) >= 11 is 1.62. The maximum atomic E-state index is 4.79. The fourth-order valence-electron chi connectivity index (χ4n) is 2.71. The maximum Gasteiger partial charge on any atom is 0.196 e. The zero-order valence-corrected chi connectivity index (χ0v) is 14.6. The van der Waals surface area contributed by atoms with Crippen LogP contribution in [0.2, 0.25) is 0 Å². The average Bonchev–Trinajstić information content (AvgIpc) is 3.07. The largest absolute Gasteiger partial charge is 0.285 e. The molecule has 4 heteroatoms. The summed E-state index contributed by atoms with van der Waals surface area (Å²) in [6, 6.07) is 24.7. The van der Waals surface area contributed by atoms with Crippen LogP contribution in [0.1, 0.15) is 5.56 Å². The third-order valence-corrected chi connectivity index (χ3v) is 4.73. The number of benzene rings is 2. The molecule has 0 unspecified atom stereocenters. The monoisotopic (exact) mass is 343 g/mol. The van der Waals surface area contributed by atoms with Crippen LogP contribution in [0.4, 0.5) is 5.82 Å². The zero-order chi connectivity index (χ0) is 17.1. The molecule has 0 aliphatic rings. The van der Waals surface area contributed by atoms with Crippen molar-refractivity contribution in [1.29, 1.82) is 0 Å². The lowest BCUT2D eigenvalue weighted by atomic mass is 10.1. The molecule has 4 rings (SSSR count). The molecule has 0 bridgehead atoms. The summed E-state index contributed by atoms with van der Waals surface area (Å²) in [5.74, 6) is 0.728. The summed E-state index contributed by atoms with van der Waals surface area (Å²) in [5.41, 5.74) is 4.54. The van der Waals surface area contributed by atoms with Gasteiger partial charge < -0.3 is 0 Å². The van der Waals surface area contributed by atoms with Crippen LogP contribution in [0.15, 0.2) is 89.4 Å². The van der Waals surface area contributed by atoms with E-state index in [2.05, 4.69) is 58.3 Å². The molecular weight excluding hydrogens is 326 g/mol. The minimum atomic E-state index is 0.728. The Morgan fingerprint density at radius 1 is 0.920 bits per heavy atom. The topological polar surface area (TPSA) is 30.2 Å². The van der Waals surface area contributed by atoms with Gasteiger partial charge in [0.25, 0.3) is 0 Å². The van der Waals surface area contributed by atoms with E-state index in [0.717, 1.165) is 27.6 Å². The molecule has 122 valence electrons. The van der Waals surface area contributed by atoms with Gasteiger partial charge >= 0.3 is 0 Å². The molecule has 4 aromatic rings. The van der Waals surface area contributed by atoms with E-state index in [4.69, 9.17) is 4.99 Å². The molecule has 2 aromatic carbocycles. The van der Waals surface area contributed by atoms with Gasteiger partial charge in [-0.15, -0.1) is 11.3 Å². The average molecular weight is 343 g/mol. The van der Waals surface area contributed by atoms with Gasteiger partial charge in [-0.05, 0) is 42.3 Å². The third-order valence-electron chi connectivity index (χ3n) is 3.90. The van der Waals surface area contributed by atoms with Crippen molar-refractivity contribution in [1.82, 2.24) is 9.55 Å². The smallest absolute Gasteiger partial charge is 0.196 e. The Bertz CT molecular complexity index is 1050. The number of aryl methyl sites for hydroxylation is 1. The summed E-state index contributed by atoms with van der Waals surface area (Å²) in [6.45, 7) is 2.05. The number of para-hydroxylation sites is 1. The summed E-state index contributed by atoms with van der Waals surface area (Å²) < 4.78 is 2.18. The van der Waals surface area contributed by atoms with Crippen LogP contribution >= 0.6 is 11.3 Å². The van der Waals surface area contributed by atoms with E-state index >= 15 is 0 Å². The first-order valence-electron chi connectivity index (χ1n) is 8.10. The van der Waals surface area contributed by atoms with Crippen molar-refractivity contribution < 1.29 is 0 Å². The second-order valence-corrected chi connectivity index (χ2v) is 6.58. The normalized spacial score (nSPS) is 11.6. The molecule has 0 atom stereocenters. The molecule has 0 spiro atoms. The van der Waals surface area contributed by atoms with Crippen molar-refractivity contribution in [2.45, 2.75) is 6.92 Å². The van der Waals surface area contributed by atoms with Gasteiger partial charge in [-0.2, -0.15) is 0 Å². The summed E-state index contributed by atoms with van der Waals surface area (Å²) in [4.78, 5) is 10.1. The van der Waals surface area contributed by atoms with E-state index in [1.54, 1.807) is 17.5 Å². The predicted octanol–water partition coefficient (Wildman–Crippen LogP) is 5.14. The van der Waals surface area contributed by atoms with E-state index in [9.17, 15) is 0 Å². The second-order valence-electron chi connectivity index (χ2n) is 5.74. The molecular formula is C21H17N3S. The van der Waals surface area contributed by atoms with Gasteiger partial charge in [0.05, 0.1) is 5.69 Å². The van der Waals surface area contributed by atoms with Crippen molar-refractivity contribution in [3.8, 4) is 16.9 Å². The van der Waals surface area contributed by atoms with Crippen molar-refractivity contribution >= 4 is 17.2 Å². The molecule has 0 radical (unpaired) electrons. The molecule has 3 nitrogen and oxygen atoms in total. The molecule has 25 heavy (non-hydrogen) atoms. The van der Waals surface area contributed by atoms with E-state index in [1.165, 1.54) is 5.56 Å². The fraction of sp³-hybridized carbons (Fsp3) is 0.0476. The zero-order valence-electron chi connectivity index (χ0n) is 13.8. The number of aromatic nitrogens is 2. The Hall–Kier alpha value is -2.98. The number of rotatable bonds is 3. The highest BCUT2D eigenvalue weighted by Crippen LogP contribution is 2.23. The van der Waals surface area contributed by atoms with Gasteiger partial charge in [-0.1, -0.05) is 48.5 Å². The number of hydrogen-bond donors (Lipinski definition) is 0. The minimum absolute atomic E-state index is 0.728. The van der Waals surface area contributed by atoms with Gasteiger partial charge in [0.2, 0.25) is 0 Å². The Kier molecular flexibility index (Phi) is 4.27. The fourth-order valence-corrected chi connectivity index (χ4v) is 3.62. The molecule has 0 amide bonds. The van der Waals surface area contributed by atoms with Crippen LogP contribution in [0, 0.1) is 6.92 Å². The number of thiazole rings is 1. The van der Waals surface area contributed by atoms with Crippen LogP contribution in [0.3, 0.4) is 0 Å². The lowest BCUT2D eigenvalue weighted by molar-refractivity contribution is 1.00. The van der Waals surface area contributed by atoms with Crippen molar-refractivity contribution in [3.63, 3.8) is 0 Å².